The molecule has 1 atom stereocenters. The van der Waals surface area contributed by atoms with E-state index in [0.717, 1.165) is 17.8 Å². The van der Waals surface area contributed by atoms with Gasteiger partial charge >= 0.3 is 0 Å². The van der Waals surface area contributed by atoms with Crippen molar-refractivity contribution in [3.8, 4) is 0 Å². The number of carbonyl (C=O) groups excluding carboxylic acids is 2. The average Bonchev–Trinajstić information content (AvgIpc) is 2.72. The van der Waals surface area contributed by atoms with Crippen LogP contribution in [0.25, 0.3) is 0 Å². The van der Waals surface area contributed by atoms with E-state index in [9.17, 15) is 9.59 Å². The van der Waals surface area contributed by atoms with Crippen LogP contribution in [-0.2, 0) is 29.6 Å². The summed E-state index contributed by atoms with van der Waals surface area (Å²) in [5, 5.41) is 7.23. The first kappa shape index (κ1) is 15.5. The predicted molar refractivity (Wildman–Crippen MR) is 79.4 cm³/mol. The maximum absolute atomic E-state index is 12.6. The molecule has 2 amide bonds. The summed E-state index contributed by atoms with van der Waals surface area (Å²) in [7, 11) is 1.89. The van der Waals surface area contributed by atoms with Gasteiger partial charge in [-0.25, -0.2) is 0 Å². The Balaban J connectivity index is 2.18. The lowest BCUT2D eigenvalue weighted by Gasteiger charge is -2.26. The van der Waals surface area contributed by atoms with Crippen molar-refractivity contribution < 1.29 is 9.59 Å². The second-order valence-electron chi connectivity index (χ2n) is 5.90. The fourth-order valence-electron chi connectivity index (χ4n) is 2.55. The topological polar surface area (TPSA) is 67.2 Å². The van der Waals surface area contributed by atoms with E-state index >= 15 is 0 Å². The highest BCUT2D eigenvalue weighted by Gasteiger charge is 2.32. The quantitative estimate of drug-likeness (QED) is 0.895. The zero-order valence-corrected chi connectivity index (χ0v) is 13.2. The first-order chi connectivity index (χ1) is 9.92. The lowest BCUT2D eigenvalue weighted by atomic mass is 10.0. The van der Waals surface area contributed by atoms with Crippen LogP contribution in [0.1, 0.15) is 38.6 Å². The summed E-state index contributed by atoms with van der Waals surface area (Å²) < 4.78 is 1.82. The second kappa shape index (κ2) is 6.28. The molecule has 116 valence electrons. The van der Waals surface area contributed by atoms with Crippen molar-refractivity contribution in [2.24, 2.45) is 13.0 Å². The maximum atomic E-state index is 12.6. The van der Waals surface area contributed by atoms with Gasteiger partial charge in [-0.15, -0.1) is 0 Å². The minimum Gasteiger partial charge on any atom is -0.344 e. The molecule has 1 aliphatic rings. The molecule has 0 bridgehead atoms. The summed E-state index contributed by atoms with van der Waals surface area (Å²) in [6, 6.07) is 1.59. The predicted octanol–water partition coefficient (Wildman–Crippen LogP) is 0.856. The molecule has 1 aliphatic heterocycles. The third-order valence-corrected chi connectivity index (χ3v) is 3.91. The van der Waals surface area contributed by atoms with E-state index in [0.29, 0.717) is 19.5 Å². The smallest absolute Gasteiger partial charge is 0.245 e. The number of aromatic nitrogens is 2. The monoisotopic (exact) mass is 292 g/mol. The molecule has 1 saturated heterocycles. The van der Waals surface area contributed by atoms with Crippen molar-refractivity contribution >= 4 is 11.8 Å². The van der Waals surface area contributed by atoms with Crippen LogP contribution in [0.4, 0.5) is 0 Å². The molecule has 2 rings (SSSR count). The van der Waals surface area contributed by atoms with Gasteiger partial charge in [-0.2, -0.15) is 5.10 Å². The van der Waals surface area contributed by atoms with E-state index < -0.39 is 6.04 Å². The minimum atomic E-state index is -0.432. The normalized spacial score (nSPS) is 19.9. The first-order valence-electron chi connectivity index (χ1n) is 7.52. The van der Waals surface area contributed by atoms with E-state index in [4.69, 9.17) is 0 Å². The van der Waals surface area contributed by atoms with E-state index in [1.807, 2.05) is 31.6 Å². The molecule has 21 heavy (non-hydrogen) atoms. The second-order valence-corrected chi connectivity index (χ2v) is 5.90. The summed E-state index contributed by atoms with van der Waals surface area (Å²) in [6.45, 7) is 6.92. The van der Waals surface area contributed by atoms with Gasteiger partial charge in [0.2, 0.25) is 11.8 Å². The Morgan fingerprint density at radius 3 is 2.71 bits per heavy atom. The van der Waals surface area contributed by atoms with Gasteiger partial charge in [0, 0.05) is 20.0 Å². The van der Waals surface area contributed by atoms with Crippen molar-refractivity contribution in [1.82, 2.24) is 20.0 Å². The largest absolute Gasteiger partial charge is 0.344 e. The molecule has 0 radical (unpaired) electrons. The van der Waals surface area contributed by atoms with Crippen molar-refractivity contribution in [3.63, 3.8) is 0 Å². The van der Waals surface area contributed by atoms with Crippen LogP contribution >= 0.6 is 0 Å². The zero-order chi connectivity index (χ0) is 15.6. The van der Waals surface area contributed by atoms with Crippen LogP contribution in [-0.4, -0.2) is 39.1 Å². The summed E-state index contributed by atoms with van der Waals surface area (Å²) in [5.74, 6) is 0.0266. The number of hydrogen-bond acceptors (Lipinski definition) is 3. The molecule has 0 aliphatic carbocycles. The van der Waals surface area contributed by atoms with Crippen LogP contribution in [0.3, 0.4) is 0 Å². The summed E-state index contributed by atoms with van der Waals surface area (Å²) in [6.07, 6.45) is 1.23. The number of carbonyl (C=O) groups is 2. The molecule has 1 aromatic rings. The third kappa shape index (κ3) is 3.43. The molecule has 1 aromatic heterocycles. The molecule has 0 aromatic carbocycles. The van der Waals surface area contributed by atoms with Crippen molar-refractivity contribution in [3.05, 3.63) is 17.5 Å². The number of nitrogens with zero attached hydrogens (tertiary/aromatic N) is 3. The minimum absolute atomic E-state index is 0.00454. The molecule has 1 N–H and O–H groups in total. The van der Waals surface area contributed by atoms with Crippen LogP contribution < -0.4 is 5.32 Å². The van der Waals surface area contributed by atoms with E-state index in [1.54, 1.807) is 4.90 Å². The Morgan fingerprint density at radius 1 is 1.43 bits per heavy atom. The molecule has 1 unspecified atom stereocenters. The highest BCUT2D eigenvalue weighted by Crippen LogP contribution is 2.15. The first-order valence-corrected chi connectivity index (χ1v) is 7.52. The Morgan fingerprint density at radius 2 is 2.14 bits per heavy atom. The van der Waals surface area contributed by atoms with Gasteiger partial charge in [0.15, 0.2) is 0 Å². The SMILES string of the molecule is CCc1cc(CN2CCC(=O)NC(C(C)C)C2=O)n(C)n1. The van der Waals surface area contributed by atoms with Crippen molar-refractivity contribution in [1.29, 1.82) is 0 Å². The lowest BCUT2D eigenvalue weighted by Crippen LogP contribution is -2.47. The fraction of sp³-hybridized carbons (Fsp3) is 0.667. The van der Waals surface area contributed by atoms with Gasteiger partial charge in [0.05, 0.1) is 17.9 Å². The van der Waals surface area contributed by atoms with Crippen molar-refractivity contribution in [2.45, 2.75) is 46.2 Å². The number of aryl methyl sites for hydroxylation is 2. The maximum Gasteiger partial charge on any atom is 0.245 e. The van der Waals surface area contributed by atoms with Gasteiger partial charge in [0.1, 0.15) is 6.04 Å². The molecule has 6 nitrogen and oxygen atoms in total. The molecular weight excluding hydrogens is 268 g/mol. The molecular formula is C15H24N4O2. The van der Waals surface area contributed by atoms with E-state index in [2.05, 4.69) is 17.3 Å². The number of rotatable bonds is 4. The van der Waals surface area contributed by atoms with Crippen LogP contribution in [0.2, 0.25) is 0 Å². The fourth-order valence-corrected chi connectivity index (χ4v) is 2.55. The highest BCUT2D eigenvalue weighted by atomic mass is 16.2. The van der Waals surface area contributed by atoms with Gasteiger partial charge in [-0.3, -0.25) is 14.3 Å². The van der Waals surface area contributed by atoms with Crippen LogP contribution in [0.5, 0.6) is 0 Å². The Hall–Kier alpha value is -1.85. The van der Waals surface area contributed by atoms with E-state index in [-0.39, 0.29) is 17.7 Å². The summed E-state index contributed by atoms with van der Waals surface area (Å²) in [4.78, 5) is 26.1. The Labute approximate surface area is 125 Å². The standard InChI is InChI=1S/C15H24N4O2/c1-5-11-8-12(18(4)17-11)9-19-7-6-13(20)16-14(10(2)3)15(19)21/h8,10,14H,5-7,9H2,1-4H3,(H,16,20). The molecule has 1 fully saturated rings. The molecule has 6 heteroatoms. The van der Waals surface area contributed by atoms with Crippen LogP contribution in [0.15, 0.2) is 6.07 Å². The number of amides is 2. The zero-order valence-electron chi connectivity index (χ0n) is 13.2. The van der Waals surface area contributed by atoms with Gasteiger partial charge in [-0.05, 0) is 18.4 Å². The Bertz CT molecular complexity index is 536. The number of hydrogen-bond donors (Lipinski definition) is 1. The average molecular weight is 292 g/mol. The molecule has 0 saturated carbocycles. The summed E-state index contributed by atoms with van der Waals surface area (Å²) in [5.41, 5.74) is 2.02. The van der Waals surface area contributed by atoms with Gasteiger partial charge in [0.25, 0.3) is 0 Å². The molecule has 0 spiro atoms. The third-order valence-electron chi connectivity index (χ3n) is 3.91. The Kier molecular flexibility index (Phi) is 4.65. The van der Waals surface area contributed by atoms with Crippen LogP contribution in [0, 0.1) is 5.92 Å². The number of nitrogens with one attached hydrogen (secondary N) is 1. The summed E-state index contributed by atoms with van der Waals surface area (Å²) >= 11 is 0. The highest BCUT2D eigenvalue weighted by molar-refractivity contribution is 5.90. The molecule has 2 heterocycles. The van der Waals surface area contributed by atoms with E-state index in [1.165, 1.54) is 0 Å². The van der Waals surface area contributed by atoms with Crippen molar-refractivity contribution in [2.75, 3.05) is 6.54 Å². The van der Waals surface area contributed by atoms with Gasteiger partial charge < -0.3 is 10.2 Å². The van der Waals surface area contributed by atoms with Gasteiger partial charge in [-0.1, -0.05) is 20.8 Å². The lowest BCUT2D eigenvalue weighted by molar-refractivity contribution is -0.135.